The molecule has 4 aromatic carbocycles. The van der Waals surface area contributed by atoms with Gasteiger partial charge in [0, 0.05) is 16.5 Å². The minimum Gasteiger partial charge on any atom is -0.248 e. The molecule has 0 bridgehead atoms. The van der Waals surface area contributed by atoms with Crippen LogP contribution in [0, 0.1) is 12.8 Å². The van der Waals surface area contributed by atoms with Gasteiger partial charge >= 0.3 is 0 Å². The van der Waals surface area contributed by atoms with E-state index in [-0.39, 0.29) is 0 Å². The summed E-state index contributed by atoms with van der Waals surface area (Å²) in [6.07, 6.45) is 13.6. The Hall–Kier alpha value is -5.60. The molecule has 0 amide bonds. The maximum Gasteiger partial charge on any atom is 0.0788 e. The van der Waals surface area contributed by atoms with Gasteiger partial charge in [0.25, 0.3) is 0 Å². The highest BCUT2D eigenvalue weighted by Crippen LogP contribution is 2.42. The summed E-state index contributed by atoms with van der Waals surface area (Å²) in [5.74, 6) is 0.833. The van der Waals surface area contributed by atoms with Crippen LogP contribution >= 0.6 is 0 Å². The monoisotopic (exact) mass is 789 g/mol. The Kier molecular flexibility index (Phi) is 25.3. The molecule has 0 saturated carbocycles. The lowest BCUT2D eigenvalue weighted by molar-refractivity contribution is 0.737. The number of aliphatic imine (C=N–C) groups is 2. The molecule has 59 heavy (non-hydrogen) atoms. The molecule has 0 radical (unpaired) electrons. The first kappa shape index (κ1) is 53.4. The highest BCUT2D eigenvalue weighted by molar-refractivity contribution is 6.23. The Bertz CT molecular complexity index is 2250. The highest BCUT2D eigenvalue weighted by Gasteiger charge is 2.25. The zero-order chi connectivity index (χ0) is 45.4. The van der Waals surface area contributed by atoms with Crippen LogP contribution in [0.1, 0.15) is 121 Å². The van der Waals surface area contributed by atoms with Gasteiger partial charge in [-0.1, -0.05) is 194 Å². The minimum absolute atomic E-state index is 0.763. The van der Waals surface area contributed by atoms with E-state index in [9.17, 15) is 0 Å². The van der Waals surface area contributed by atoms with Crippen LogP contribution in [0.5, 0.6) is 0 Å². The average Bonchev–Trinajstić information content (AvgIpc) is 3.27. The van der Waals surface area contributed by atoms with Gasteiger partial charge < -0.3 is 0 Å². The molecule has 4 aromatic rings. The molecule has 0 aliphatic heterocycles. The van der Waals surface area contributed by atoms with Gasteiger partial charge in [0.2, 0.25) is 0 Å². The first-order valence-corrected chi connectivity index (χ1v) is 21.7. The number of allylic oxidation sites excluding steroid dienone is 12. The largest absolute Gasteiger partial charge is 0.248 e. The summed E-state index contributed by atoms with van der Waals surface area (Å²) in [4.78, 5) is 10.2. The molecule has 0 saturated heterocycles. The number of benzene rings is 4. The molecule has 0 heterocycles. The number of fused-ring (bicyclic) bond motifs is 4. The maximum atomic E-state index is 5.12. The summed E-state index contributed by atoms with van der Waals surface area (Å²) >= 11 is 0. The van der Waals surface area contributed by atoms with Crippen LogP contribution in [0.4, 0.5) is 5.69 Å². The van der Waals surface area contributed by atoms with Crippen molar-refractivity contribution in [2.45, 2.75) is 111 Å². The second kappa shape index (κ2) is 27.9. The summed E-state index contributed by atoms with van der Waals surface area (Å²) in [6.45, 7) is 53.7. The van der Waals surface area contributed by atoms with Crippen LogP contribution in [0.2, 0.25) is 0 Å². The summed E-state index contributed by atoms with van der Waals surface area (Å²) in [7, 11) is 0. The third-order valence-corrected chi connectivity index (χ3v) is 8.92. The van der Waals surface area contributed by atoms with Crippen molar-refractivity contribution >= 4 is 44.2 Å². The van der Waals surface area contributed by atoms with E-state index in [4.69, 9.17) is 9.98 Å². The van der Waals surface area contributed by atoms with Gasteiger partial charge in [0.1, 0.15) is 0 Å². The third kappa shape index (κ3) is 13.2. The van der Waals surface area contributed by atoms with Crippen LogP contribution in [0.25, 0.3) is 38.2 Å². The number of aryl methyl sites for hydroxylation is 1. The van der Waals surface area contributed by atoms with Crippen LogP contribution in [0.15, 0.2) is 174 Å². The Labute approximate surface area is 361 Å². The van der Waals surface area contributed by atoms with Gasteiger partial charge in [-0.2, -0.15) is 0 Å². The number of hydrogen-bond acceptors (Lipinski definition) is 2. The van der Waals surface area contributed by atoms with Crippen molar-refractivity contribution in [2.75, 3.05) is 0 Å². The van der Waals surface area contributed by atoms with E-state index >= 15 is 0 Å². The Morgan fingerprint density at radius 3 is 1.71 bits per heavy atom. The lowest BCUT2D eigenvalue weighted by Gasteiger charge is -2.25. The van der Waals surface area contributed by atoms with E-state index in [2.05, 4.69) is 134 Å². The number of nitrogens with zero attached hydrogens (tertiary/aromatic N) is 2. The van der Waals surface area contributed by atoms with Crippen LogP contribution in [-0.4, -0.2) is 11.4 Å². The quantitative estimate of drug-likeness (QED) is 0.0917. The molecule has 2 nitrogen and oxygen atoms in total. The lowest BCUT2D eigenvalue weighted by atomic mass is 9.80. The second-order valence-electron chi connectivity index (χ2n) is 13.3. The van der Waals surface area contributed by atoms with Gasteiger partial charge in [0.15, 0.2) is 0 Å². The van der Waals surface area contributed by atoms with Crippen LogP contribution in [-0.2, 0) is 0 Å². The number of hydrogen-bond donors (Lipinski definition) is 0. The fourth-order valence-electron chi connectivity index (χ4n) is 6.31. The van der Waals surface area contributed by atoms with E-state index < -0.39 is 0 Å². The standard InChI is InChI=1S/C45H42N2.C4H10.4C2H6/c1-11-19-29(8)43(16-6)47-45-31(10)36-24-22-32(27-41(36)37-20-17-18-21-38(37)45)33-23-25-39-40(26-33)35(14-4)34(13-3)30(9)44(39)46-42(15-5)28(7)12-2;1-4(2)3;4*1-2/h11-27H,3-4,6,8-9H2,1-2,5,7,10H3;4H,1-3H3;4*1-2H3/b19-11-,28-12-,42-15+,46-44?,47-43?;;;;;. The van der Waals surface area contributed by atoms with E-state index in [0.717, 1.165) is 101 Å². The molecular weight excluding hydrogens is 713 g/mol. The van der Waals surface area contributed by atoms with Crippen molar-refractivity contribution in [1.82, 2.24) is 0 Å². The van der Waals surface area contributed by atoms with Gasteiger partial charge in [-0.15, -0.1) is 0 Å². The lowest BCUT2D eigenvalue weighted by Crippen LogP contribution is -2.15. The third-order valence-electron chi connectivity index (χ3n) is 8.92. The number of rotatable bonds is 9. The topological polar surface area (TPSA) is 24.7 Å². The molecule has 0 atom stereocenters. The molecule has 1 aliphatic rings. The molecule has 0 spiro atoms. The van der Waals surface area contributed by atoms with Crippen molar-refractivity contribution < 1.29 is 0 Å². The summed E-state index contributed by atoms with van der Waals surface area (Å²) < 4.78 is 0. The highest BCUT2D eigenvalue weighted by atomic mass is 14.8. The first-order valence-electron chi connectivity index (χ1n) is 21.7. The van der Waals surface area contributed by atoms with Crippen LogP contribution in [0.3, 0.4) is 0 Å². The molecular formula is C57H76N2. The summed E-state index contributed by atoms with van der Waals surface area (Å²) in [6, 6.07) is 21.8. The predicted molar refractivity (Wildman–Crippen MR) is 275 cm³/mol. The van der Waals surface area contributed by atoms with Crippen molar-refractivity contribution in [3.63, 3.8) is 0 Å². The maximum absolute atomic E-state index is 5.12. The van der Waals surface area contributed by atoms with Crippen LogP contribution < -0.4 is 0 Å². The summed E-state index contributed by atoms with van der Waals surface area (Å²) in [5.41, 5.74) is 13.7. The van der Waals surface area contributed by atoms with Gasteiger partial charge in [-0.25, -0.2) is 9.98 Å². The fraction of sp³-hybridized carbons (Fsp3) is 0.298. The molecule has 0 unspecified atom stereocenters. The smallest absolute Gasteiger partial charge is 0.0788 e. The Balaban J connectivity index is 0.00000254. The van der Waals surface area contributed by atoms with E-state index in [1.54, 1.807) is 6.08 Å². The average molecular weight is 789 g/mol. The van der Waals surface area contributed by atoms with Gasteiger partial charge in [-0.05, 0) is 119 Å². The zero-order valence-electron chi connectivity index (χ0n) is 39.8. The van der Waals surface area contributed by atoms with Crippen molar-refractivity contribution in [3.05, 3.63) is 181 Å². The fourth-order valence-corrected chi connectivity index (χ4v) is 6.31. The predicted octanol–water partition coefficient (Wildman–Crippen LogP) is 18.5. The molecule has 0 aromatic heterocycles. The Morgan fingerprint density at radius 2 is 1.20 bits per heavy atom. The van der Waals surface area contributed by atoms with Crippen molar-refractivity contribution in [2.24, 2.45) is 15.9 Å². The zero-order valence-corrected chi connectivity index (χ0v) is 39.8. The molecule has 2 heteroatoms. The van der Waals surface area contributed by atoms with Crippen molar-refractivity contribution in [3.8, 4) is 11.1 Å². The molecule has 1 aliphatic carbocycles. The summed E-state index contributed by atoms with van der Waals surface area (Å²) in [5, 5.41) is 4.59. The second-order valence-corrected chi connectivity index (χ2v) is 13.3. The van der Waals surface area contributed by atoms with E-state index in [0.29, 0.717) is 0 Å². The Morgan fingerprint density at radius 1 is 0.661 bits per heavy atom. The molecule has 0 fully saturated rings. The van der Waals surface area contributed by atoms with Crippen molar-refractivity contribution in [1.29, 1.82) is 0 Å². The van der Waals surface area contributed by atoms with Gasteiger partial charge in [-0.3, -0.25) is 0 Å². The normalized spacial score (nSPS) is 13.1. The van der Waals surface area contributed by atoms with E-state index in [1.807, 2.05) is 107 Å². The molecule has 5 rings (SSSR count). The molecule has 0 N–H and O–H groups in total. The van der Waals surface area contributed by atoms with Gasteiger partial charge in [0.05, 0.1) is 22.8 Å². The molecule has 314 valence electrons. The SMILES string of the molecule is C=CC(=Nc1c(C)c2ccc(-c3ccc4c(c3)C(C=C)=C(C=C)C(=C)C4=NC(=C/C)/C(C)=C\C)cc2c2ccccc12)C(=C)/C=C\C.CC.CC.CC.CC.CC(C)C. The first-order chi connectivity index (χ1) is 28.4. The van der Waals surface area contributed by atoms with E-state index in [1.165, 1.54) is 5.39 Å². The minimum atomic E-state index is 0.763.